The molecule has 0 saturated carbocycles. The SMILES string of the molecule is CC1(C)CNCCN1c1cc(F)c(Br)cc1[N+](=O)[O-]. The van der Waals surface area contributed by atoms with E-state index in [-0.39, 0.29) is 15.7 Å². The number of halogens is 2. The van der Waals surface area contributed by atoms with Gasteiger partial charge in [-0.15, -0.1) is 0 Å². The lowest BCUT2D eigenvalue weighted by Gasteiger charge is -2.44. The molecule has 0 aliphatic carbocycles. The molecule has 1 fully saturated rings. The second kappa shape index (κ2) is 5.05. The highest BCUT2D eigenvalue weighted by Gasteiger charge is 2.34. The van der Waals surface area contributed by atoms with Gasteiger partial charge < -0.3 is 10.2 Å². The summed E-state index contributed by atoms with van der Waals surface area (Å²) < 4.78 is 13.8. The zero-order valence-electron chi connectivity index (χ0n) is 10.7. The van der Waals surface area contributed by atoms with Crippen molar-refractivity contribution in [2.75, 3.05) is 24.5 Å². The summed E-state index contributed by atoms with van der Waals surface area (Å²) in [5, 5.41) is 14.4. The molecule has 1 N–H and O–H groups in total. The molecule has 1 saturated heterocycles. The van der Waals surface area contributed by atoms with Crippen molar-refractivity contribution in [3.05, 3.63) is 32.5 Å². The van der Waals surface area contributed by atoms with Crippen LogP contribution >= 0.6 is 15.9 Å². The van der Waals surface area contributed by atoms with Gasteiger partial charge in [-0.3, -0.25) is 10.1 Å². The Labute approximate surface area is 119 Å². The van der Waals surface area contributed by atoms with E-state index in [0.717, 1.165) is 6.54 Å². The van der Waals surface area contributed by atoms with E-state index in [1.54, 1.807) is 0 Å². The topological polar surface area (TPSA) is 58.4 Å². The van der Waals surface area contributed by atoms with Crippen LogP contribution < -0.4 is 10.2 Å². The standard InChI is InChI=1S/C12H15BrFN3O2/c1-12(2)7-15-3-4-16(12)10-6-9(14)8(13)5-11(10)17(18)19/h5-6,15H,3-4,7H2,1-2H3. The summed E-state index contributed by atoms with van der Waals surface area (Å²) >= 11 is 2.99. The van der Waals surface area contributed by atoms with Gasteiger partial charge in [-0.05, 0) is 29.8 Å². The highest BCUT2D eigenvalue weighted by molar-refractivity contribution is 9.10. The van der Waals surface area contributed by atoms with Crippen molar-refractivity contribution >= 4 is 27.3 Å². The Bertz CT molecular complexity index is 522. The van der Waals surface area contributed by atoms with Crippen LogP contribution in [0.4, 0.5) is 15.8 Å². The van der Waals surface area contributed by atoms with Gasteiger partial charge in [0.15, 0.2) is 0 Å². The molecule has 1 aromatic carbocycles. The van der Waals surface area contributed by atoms with Crippen molar-refractivity contribution in [3.63, 3.8) is 0 Å². The summed E-state index contributed by atoms with van der Waals surface area (Å²) in [5.74, 6) is -0.491. The Hall–Kier alpha value is -1.21. The van der Waals surface area contributed by atoms with Crippen molar-refractivity contribution in [1.82, 2.24) is 5.32 Å². The van der Waals surface area contributed by atoms with E-state index in [1.807, 2.05) is 18.7 Å². The van der Waals surface area contributed by atoms with Gasteiger partial charge in [0.25, 0.3) is 5.69 Å². The number of piperazine rings is 1. The first-order valence-electron chi connectivity index (χ1n) is 5.95. The van der Waals surface area contributed by atoms with Crippen LogP contribution in [0, 0.1) is 15.9 Å². The Morgan fingerprint density at radius 3 is 2.79 bits per heavy atom. The Morgan fingerprint density at radius 2 is 2.21 bits per heavy atom. The first-order valence-corrected chi connectivity index (χ1v) is 6.74. The summed E-state index contributed by atoms with van der Waals surface area (Å²) in [7, 11) is 0. The fraction of sp³-hybridized carbons (Fsp3) is 0.500. The number of nitrogens with one attached hydrogen (secondary N) is 1. The number of nitro benzene ring substituents is 1. The first-order chi connectivity index (χ1) is 8.83. The molecule has 5 nitrogen and oxygen atoms in total. The van der Waals surface area contributed by atoms with Crippen LogP contribution in [0.2, 0.25) is 0 Å². The van der Waals surface area contributed by atoms with Crippen LogP contribution in [-0.2, 0) is 0 Å². The molecule has 0 spiro atoms. The number of nitro groups is 1. The average Bonchev–Trinajstić information content (AvgIpc) is 2.31. The summed E-state index contributed by atoms with van der Waals surface area (Å²) in [5.41, 5.74) is -0.0519. The molecule has 19 heavy (non-hydrogen) atoms. The molecule has 0 aromatic heterocycles. The molecular weight excluding hydrogens is 317 g/mol. The second-order valence-corrected chi connectivity index (χ2v) is 6.01. The maximum Gasteiger partial charge on any atom is 0.293 e. The molecule has 0 bridgehead atoms. The monoisotopic (exact) mass is 331 g/mol. The van der Waals surface area contributed by atoms with E-state index >= 15 is 0 Å². The Kier molecular flexibility index (Phi) is 3.78. The lowest BCUT2D eigenvalue weighted by Crippen LogP contribution is -2.58. The number of rotatable bonds is 2. The normalized spacial score (nSPS) is 18.4. The third-order valence-electron chi connectivity index (χ3n) is 3.31. The minimum Gasteiger partial charge on any atom is -0.358 e. The fourth-order valence-corrected chi connectivity index (χ4v) is 2.65. The summed E-state index contributed by atoms with van der Waals surface area (Å²) in [4.78, 5) is 12.6. The van der Waals surface area contributed by atoms with Crippen LogP contribution in [0.1, 0.15) is 13.8 Å². The van der Waals surface area contributed by atoms with Gasteiger partial charge in [-0.25, -0.2) is 4.39 Å². The molecule has 1 aliphatic rings. The highest BCUT2D eigenvalue weighted by atomic mass is 79.9. The minimum absolute atomic E-state index is 0.0803. The van der Waals surface area contributed by atoms with Crippen molar-refractivity contribution in [2.24, 2.45) is 0 Å². The third kappa shape index (κ3) is 2.71. The van der Waals surface area contributed by atoms with E-state index < -0.39 is 10.7 Å². The van der Waals surface area contributed by atoms with Gasteiger partial charge in [0, 0.05) is 37.3 Å². The van der Waals surface area contributed by atoms with Crippen LogP contribution in [0.25, 0.3) is 0 Å². The van der Waals surface area contributed by atoms with Crippen molar-refractivity contribution in [2.45, 2.75) is 19.4 Å². The lowest BCUT2D eigenvalue weighted by molar-refractivity contribution is -0.384. The number of anilines is 1. The van der Waals surface area contributed by atoms with Crippen molar-refractivity contribution in [1.29, 1.82) is 0 Å². The molecule has 1 aromatic rings. The molecular formula is C12H15BrFN3O2. The van der Waals surface area contributed by atoms with Crippen molar-refractivity contribution in [3.8, 4) is 0 Å². The Morgan fingerprint density at radius 1 is 1.53 bits per heavy atom. The molecule has 1 heterocycles. The Balaban J connectivity index is 2.54. The highest BCUT2D eigenvalue weighted by Crippen LogP contribution is 2.37. The van der Waals surface area contributed by atoms with E-state index in [0.29, 0.717) is 18.8 Å². The summed E-state index contributed by atoms with van der Waals surface area (Å²) in [6.07, 6.45) is 0. The van der Waals surface area contributed by atoms with E-state index in [2.05, 4.69) is 21.2 Å². The quantitative estimate of drug-likeness (QED) is 0.668. The van der Waals surface area contributed by atoms with Gasteiger partial charge in [-0.2, -0.15) is 0 Å². The van der Waals surface area contributed by atoms with Crippen LogP contribution in [0.5, 0.6) is 0 Å². The fourth-order valence-electron chi connectivity index (χ4n) is 2.32. The predicted molar refractivity (Wildman–Crippen MR) is 75.0 cm³/mol. The van der Waals surface area contributed by atoms with Gasteiger partial charge in [-0.1, -0.05) is 0 Å². The summed E-state index contributed by atoms with van der Waals surface area (Å²) in [6, 6.07) is 2.46. The minimum atomic E-state index is -0.491. The first kappa shape index (κ1) is 14.2. The average molecular weight is 332 g/mol. The van der Waals surface area contributed by atoms with Gasteiger partial charge in [0.1, 0.15) is 11.5 Å². The van der Waals surface area contributed by atoms with E-state index in [4.69, 9.17) is 0 Å². The molecule has 0 unspecified atom stereocenters. The van der Waals surface area contributed by atoms with E-state index in [9.17, 15) is 14.5 Å². The molecule has 0 atom stereocenters. The van der Waals surface area contributed by atoms with Gasteiger partial charge >= 0.3 is 0 Å². The zero-order chi connectivity index (χ0) is 14.2. The zero-order valence-corrected chi connectivity index (χ0v) is 12.3. The molecule has 2 rings (SSSR count). The molecule has 1 aliphatic heterocycles. The lowest BCUT2D eigenvalue weighted by atomic mass is 9.98. The summed E-state index contributed by atoms with van der Waals surface area (Å²) in [6.45, 7) is 5.97. The van der Waals surface area contributed by atoms with Crippen molar-refractivity contribution < 1.29 is 9.31 Å². The smallest absolute Gasteiger partial charge is 0.293 e. The van der Waals surface area contributed by atoms with Gasteiger partial charge in [0.2, 0.25) is 0 Å². The molecule has 0 radical (unpaired) electrons. The van der Waals surface area contributed by atoms with E-state index in [1.165, 1.54) is 12.1 Å². The molecule has 0 amide bonds. The predicted octanol–water partition coefficient (Wildman–Crippen LogP) is 2.68. The second-order valence-electron chi connectivity index (χ2n) is 5.15. The van der Waals surface area contributed by atoms with Gasteiger partial charge in [0.05, 0.1) is 9.40 Å². The maximum atomic E-state index is 13.7. The molecule has 104 valence electrons. The van der Waals surface area contributed by atoms with Crippen LogP contribution in [-0.4, -0.2) is 30.1 Å². The van der Waals surface area contributed by atoms with Crippen LogP contribution in [0.3, 0.4) is 0 Å². The number of nitrogens with zero attached hydrogens (tertiary/aromatic N) is 2. The largest absolute Gasteiger partial charge is 0.358 e. The number of hydrogen-bond donors (Lipinski definition) is 1. The van der Waals surface area contributed by atoms with Crippen LogP contribution in [0.15, 0.2) is 16.6 Å². The number of hydrogen-bond acceptors (Lipinski definition) is 4. The molecule has 7 heteroatoms. The number of benzene rings is 1. The maximum absolute atomic E-state index is 13.7. The third-order valence-corrected chi connectivity index (χ3v) is 3.91.